The van der Waals surface area contributed by atoms with Gasteiger partial charge in [-0.3, -0.25) is 0 Å². The Hall–Kier alpha value is -2.32. The summed E-state index contributed by atoms with van der Waals surface area (Å²) < 4.78 is 12.9. The van der Waals surface area contributed by atoms with Gasteiger partial charge in [0.25, 0.3) is 0 Å². The van der Waals surface area contributed by atoms with Crippen LogP contribution in [0.15, 0.2) is 46.0 Å². The summed E-state index contributed by atoms with van der Waals surface area (Å²) in [5.41, 5.74) is 4.45. The number of aromatic nitrogens is 3. The number of halogens is 1. The van der Waals surface area contributed by atoms with Crippen molar-refractivity contribution in [3.63, 3.8) is 0 Å². The van der Waals surface area contributed by atoms with Crippen LogP contribution in [0.25, 0.3) is 11.3 Å². The molecule has 28 heavy (non-hydrogen) atoms. The van der Waals surface area contributed by atoms with Crippen molar-refractivity contribution in [2.75, 3.05) is 18.2 Å². The van der Waals surface area contributed by atoms with Crippen molar-refractivity contribution in [1.82, 2.24) is 15.2 Å². The summed E-state index contributed by atoms with van der Waals surface area (Å²) >= 11 is 4.96. The maximum Gasteiger partial charge on any atom is 0.247 e. The lowest BCUT2D eigenvalue weighted by atomic mass is 10.1. The summed E-state index contributed by atoms with van der Waals surface area (Å²) in [5.74, 6) is 1.33. The molecular formula is C20H19BrN4O2S. The van der Waals surface area contributed by atoms with Crippen molar-refractivity contribution >= 4 is 33.4 Å². The van der Waals surface area contributed by atoms with Crippen LogP contribution in [-0.2, 0) is 0 Å². The Labute approximate surface area is 176 Å². The molecule has 3 aromatic rings. The molecule has 1 aromatic heterocycles. The maximum atomic E-state index is 6.27. The summed E-state index contributed by atoms with van der Waals surface area (Å²) in [7, 11) is 0. The van der Waals surface area contributed by atoms with Crippen LogP contribution in [0.5, 0.6) is 11.6 Å². The van der Waals surface area contributed by atoms with Gasteiger partial charge in [-0.1, -0.05) is 27.7 Å². The van der Waals surface area contributed by atoms with Crippen LogP contribution in [0.4, 0.5) is 5.69 Å². The highest BCUT2D eigenvalue weighted by Crippen LogP contribution is 2.41. The number of thioether (sulfide) groups is 1. The third-order valence-corrected chi connectivity index (χ3v) is 5.40. The lowest BCUT2D eigenvalue weighted by molar-refractivity contribution is 0.225. The molecule has 1 aliphatic heterocycles. The van der Waals surface area contributed by atoms with E-state index in [0.29, 0.717) is 23.3 Å². The Bertz CT molecular complexity index is 1030. The van der Waals surface area contributed by atoms with Gasteiger partial charge in [0, 0.05) is 21.3 Å². The highest BCUT2D eigenvalue weighted by atomic mass is 79.9. The smallest absolute Gasteiger partial charge is 0.247 e. The van der Waals surface area contributed by atoms with Crippen LogP contribution < -0.4 is 14.8 Å². The van der Waals surface area contributed by atoms with Crippen LogP contribution in [0, 0.1) is 6.92 Å². The molecule has 0 unspecified atom stereocenters. The number of aryl methyl sites for hydroxylation is 1. The zero-order valence-electron chi connectivity index (χ0n) is 15.7. The highest BCUT2D eigenvalue weighted by molar-refractivity contribution is 9.10. The van der Waals surface area contributed by atoms with E-state index >= 15 is 0 Å². The molecule has 0 saturated carbocycles. The predicted molar refractivity (Wildman–Crippen MR) is 114 cm³/mol. The second kappa shape index (κ2) is 7.97. The fraction of sp³-hybridized carbons (Fsp3) is 0.250. The topological polar surface area (TPSA) is 69.2 Å². The average molecular weight is 459 g/mol. The second-order valence-corrected chi connectivity index (χ2v) is 7.93. The first-order valence-electron chi connectivity index (χ1n) is 8.84. The third kappa shape index (κ3) is 3.66. The molecule has 1 N–H and O–H groups in total. The first kappa shape index (κ1) is 19.0. The van der Waals surface area contributed by atoms with Gasteiger partial charge in [0.2, 0.25) is 11.0 Å². The monoisotopic (exact) mass is 458 g/mol. The van der Waals surface area contributed by atoms with E-state index in [1.165, 1.54) is 11.8 Å². The lowest BCUT2D eigenvalue weighted by Gasteiger charge is -2.20. The van der Waals surface area contributed by atoms with E-state index in [0.717, 1.165) is 32.6 Å². The van der Waals surface area contributed by atoms with Gasteiger partial charge >= 0.3 is 0 Å². The zero-order chi connectivity index (χ0) is 19.7. The van der Waals surface area contributed by atoms with Gasteiger partial charge < -0.3 is 14.8 Å². The Balaban J connectivity index is 1.81. The average Bonchev–Trinajstić information content (AvgIpc) is 2.85. The standard InChI is InChI=1S/C20H19BrN4O2S/c1-4-26-16-8-5-12(9-11(16)2)18-22-15-7-6-13(21)10-14(15)17-19(27-18)23-20(28-3)25-24-17/h5-10,18,22H,4H2,1-3H3/t18-/m0/s1. The van der Waals surface area contributed by atoms with E-state index in [1.807, 2.05) is 50.4 Å². The van der Waals surface area contributed by atoms with Gasteiger partial charge in [0.15, 0.2) is 11.9 Å². The van der Waals surface area contributed by atoms with Crippen molar-refractivity contribution < 1.29 is 9.47 Å². The molecule has 0 aliphatic carbocycles. The zero-order valence-corrected chi connectivity index (χ0v) is 18.1. The van der Waals surface area contributed by atoms with E-state index in [9.17, 15) is 0 Å². The Kier molecular flexibility index (Phi) is 5.41. The summed E-state index contributed by atoms with van der Waals surface area (Å²) in [4.78, 5) is 4.55. The van der Waals surface area contributed by atoms with E-state index < -0.39 is 6.23 Å². The van der Waals surface area contributed by atoms with Gasteiger partial charge in [-0.15, -0.1) is 10.2 Å². The van der Waals surface area contributed by atoms with Crippen molar-refractivity contribution in [2.24, 2.45) is 0 Å². The molecule has 2 heterocycles. The number of rotatable bonds is 4. The Morgan fingerprint density at radius 2 is 2.07 bits per heavy atom. The first-order chi connectivity index (χ1) is 13.6. The van der Waals surface area contributed by atoms with E-state index in [2.05, 4.69) is 42.5 Å². The number of hydrogen-bond donors (Lipinski definition) is 1. The minimum atomic E-state index is -0.415. The molecular weight excluding hydrogens is 440 g/mol. The highest BCUT2D eigenvalue weighted by Gasteiger charge is 2.26. The van der Waals surface area contributed by atoms with Gasteiger partial charge in [0.1, 0.15) is 5.75 Å². The van der Waals surface area contributed by atoms with Crippen molar-refractivity contribution in [2.45, 2.75) is 25.2 Å². The number of benzene rings is 2. The molecule has 1 atom stereocenters. The molecule has 0 saturated heterocycles. The molecule has 0 radical (unpaired) electrons. The second-order valence-electron chi connectivity index (χ2n) is 6.24. The fourth-order valence-electron chi connectivity index (χ4n) is 3.06. The van der Waals surface area contributed by atoms with E-state index in [1.54, 1.807) is 0 Å². The lowest BCUT2D eigenvalue weighted by Crippen LogP contribution is -2.17. The van der Waals surface area contributed by atoms with Crippen molar-refractivity contribution in [1.29, 1.82) is 0 Å². The van der Waals surface area contributed by atoms with Crippen LogP contribution >= 0.6 is 27.7 Å². The first-order valence-corrected chi connectivity index (χ1v) is 10.9. The number of nitrogens with zero attached hydrogens (tertiary/aromatic N) is 3. The Morgan fingerprint density at radius 3 is 2.82 bits per heavy atom. The number of anilines is 1. The van der Waals surface area contributed by atoms with Gasteiger partial charge in [-0.2, -0.15) is 4.98 Å². The van der Waals surface area contributed by atoms with E-state index in [4.69, 9.17) is 9.47 Å². The molecule has 0 amide bonds. The predicted octanol–water partition coefficient (Wildman–Crippen LogP) is 5.23. The third-order valence-electron chi connectivity index (χ3n) is 4.37. The van der Waals surface area contributed by atoms with Crippen molar-refractivity contribution in [3.05, 3.63) is 52.0 Å². The van der Waals surface area contributed by atoms with Crippen LogP contribution in [0.1, 0.15) is 24.3 Å². The van der Waals surface area contributed by atoms with Crippen molar-refractivity contribution in [3.8, 4) is 22.9 Å². The largest absolute Gasteiger partial charge is 0.494 e. The van der Waals surface area contributed by atoms with E-state index in [-0.39, 0.29) is 0 Å². The van der Waals surface area contributed by atoms with Crippen LogP contribution in [0.3, 0.4) is 0 Å². The number of hydrogen-bond acceptors (Lipinski definition) is 7. The van der Waals surface area contributed by atoms with Gasteiger partial charge in [0.05, 0.1) is 6.61 Å². The molecule has 144 valence electrons. The number of ether oxygens (including phenoxy) is 2. The molecule has 6 nitrogen and oxygen atoms in total. The Morgan fingerprint density at radius 1 is 1.21 bits per heavy atom. The summed E-state index contributed by atoms with van der Waals surface area (Å²) in [5, 5.41) is 12.6. The molecule has 2 aromatic carbocycles. The van der Waals surface area contributed by atoms with Crippen LogP contribution in [-0.4, -0.2) is 28.0 Å². The molecule has 0 bridgehead atoms. The quantitative estimate of drug-likeness (QED) is 0.536. The summed E-state index contributed by atoms with van der Waals surface area (Å²) in [6.45, 7) is 4.64. The van der Waals surface area contributed by atoms with Gasteiger partial charge in [-0.25, -0.2) is 0 Å². The normalized spacial score (nSPS) is 14.9. The molecule has 1 aliphatic rings. The number of nitrogens with one attached hydrogen (secondary N) is 1. The summed E-state index contributed by atoms with van der Waals surface area (Å²) in [6.07, 6.45) is 1.50. The maximum absolute atomic E-state index is 6.27. The van der Waals surface area contributed by atoms with Crippen LogP contribution in [0.2, 0.25) is 0 Å². The van der Waals surface area contributed by atoms with Gasteiger partial charge in [-0.05, 0) is 62.1 Å². The SMILES string of the molecule is CCOc1ccc([C@H]2Nc3ccc(Br)cc3-c3nnc(SC)nc3O2)cc1C. The minimum absolute atomic E-state index is 0.415. The fourth-order valence-corrected chi connectivity index (χ4v) is 3.72. The summed E-state index contributed by atoms with van der Waals surface area (Å²) in [6, 6.07) is 12.0. The number of fused-ring (bicyclic) bond motifs is 3. The molecule has 4 rings (SSSR count). The minimum Gasteiger partial charge on any atom is -0.494 e. The molecule has 0 spiro atoms. The molecule has 8 heteroatoms. The molecule has 0 fully saturated rings.